The second-order valence-electron chi connectivity index (χ2n) is 12.5. The molecule has 4 aromatic carbocycles. The maximum atomic E-state index is 16.0. The van der Waals surface area contributed by atoms with Crippen molar-refractivity contribution in [3.63, 3.8) is 0 Å². The van der Waals surface area contributed by atoms with Gasteiger partial charge in [-0.05, 0) is 70.5 Å². The van der Waals surface area contributed by atoms with Crippen LogP contribution < -0.4 is 0 Å². The maximum Gasteiger partial charge on any atom is 0.380 e. The van der Waals surface area contributed by atoms with Gasteiger partial charge in [-0.25, -0.2) is 16.8 Å². The summed E-state index contributed by atoms with van der Waals surface area (Å²) in [6.07, 6.45) is 0. The number of hydrogen-bond donors (Lipinski definition) is 0. The highest BCUT2D eigenvalue weighted by Crippen LogP contribution is 2.75. The second-order valence-corrected chi connectivity index (χ2v) is 17.0. The van der Waals surface area contributed by atoms with Gasteiger partial charge in [-0.2, -0.15) is 26.3 Å². The molecule has 0 amide bonds. The quantitative estimate of drug-likeness (QED) is 0.200. The fraction of sp³-hybridized carbons (Fsp3) is 0.200. The van der Waals surface area contributed by atoms with Gasteiger partial charge in [-0.15, -0.1) is 0 Å². The van der Waals surface area contributed by atoms with Crippen molar-refractivity contribution in [2.45, 2.75) is 50.9 Å². The van der Waals surface area contributed by atoms with Gasteiger partial charge in [0, 0.05) is 11.1 Å². The molecule has 0 bridgehead atoms. The van der Waals surface area contributed by atoms with E-state index in [2.05, 4.69) is 0 Å². The highest BCUT2D eigenvalue weighted by atomic mass is 32.2. The lowest BCUT2D eigenvalue weighted by Gasteiger charge is -2.45. The van der Waals surface area contributed by atoms with Gasteiger partial charge < -0.3 is 0 Å². The summed E-state index contributed by atoms with van der Waals surface area (Å²) in [5.41, 5.74) is -5.23. The molecule has 2 atom stereocenters. The summed E-state index contributed by atoms with van der Waals surface area (Å²) in [5, 5.41) is 0. The Morgan fingerprint density at radius 3 is 1.13 bits per heavy atom. The number of sulfone groups is 2. The van der Waals surface area contributed by atoms with Crippen LogP contribution in [0.4, 0.5) is 26.3 Å². The molecule has 0 radical (unpaired) electrons. The third-order valence-corrected chi connectivity index (χ3v) is 15.7. The molecule has 12 heteroatoms. The van der Waals surface area contributed by atoms with Crippen LogP contribution in [0.25, 0.3) is 33.4 Å². The lowest BCUT2D eigenvalue weighted by Crippen LogP contribution is -2.59. The van der Waals surface area contributed by atoms with Crippen molar-refractivity contribution >= 4 is 30.8 Å². The van der Waals surface area contributed by atoms with E-state index < -0.39 is 90.1 Å². The maximum absolute atomic E-state index is 16.0. The predicted molar refractivity (Wildman–Crippen MR) is 164 cm³/mol. The van der Waals surface area contributed by atoms with Gasteiger partial charge in [0.25, 0.3) is 0 Å². The fourth-order valence-electron chi connectivity index (χ4n) is 7.87. The molecule has 1 saturated carbocycles. The highest BCUT2D eigenvalue weighted by molar-refractivity contribution is 7.98. The van der Waals surface area contributed by atoms with Crippen molar-refractivity contribution in [3.8, 4) is 22.3 Å². The summed E-state index contributed by atoms with van der Waals surface area (Å²) in [4.78, 5) is -1.23. The Morgan fingerprint density at radius 2 is 0.787 bits per heavy atom. The fourth-order valence-corrected chi connectivity index (χ4v) is 13.1. The zero-order chi connectivity index (χ0) is 33.7. The van der Waals surface area contributed by atoms with Crippen LogP contribution in [0.1, 0.15) is 25.0 Å². The molecule has 2 aliphatic carbocycles. The molecule has 2 heterocycles. The molecule has 4 nitrogen and oxygen atoms in total. The Kier molecular flexibility index (Phi) is 5.55. The third-order valence-electron chi connectivity index (χ3n) is 10.4. The SMILES string of the molecule is CC12C(=C3C(=C4c5ccc(-c6ccccc6)cc5S(=O)(=O)C41C)C(F)(F)C(F)(F)C3(F)F)c1ccc(-c3ccccc3)cc1S2(=O)=O. The number of rotatable bonds is 2. The van der Waals surface area contributed by atoms with Crippen LogP contribution in [-0.2, 0) is 19.7 Å². The average molecular weight is 685 g/mol. The Morgan fingerprint density at radius 1 is 0.447 bits per heavy atom. The first-order valence-corrected chi connectivity index (χ1v) is 17.4. The van der Waals surface area contributed by atoms with Gasteiger partial charge in [0.05, 0.1) is 9.79 Å². The number of alkyl halides is 6. The van der Waals surface area contributed by atoms with E-state index in [9.17, 15) is 16.8 Å². The van der Waals surface area contributed by atoms with E-state index in [-0.39, 0.29) is 0 Å². The van der Waals surface area contributed by atoms with Crippen molar-refractivity contribution in [1.82, 2.24) is 0 Å². The molecule has 0 aromatic heterocycles. The Hall–Kier alpha value is -4.16. The molecule has 8 rings (SSSR count). The zero-order valence-corrected chi connectivity index (χ0v) is 26.1. The Bertz CT molecular complexity index is 2220. The van der Waals surface area contributed by atoms with Gasteiger partial charge in [0.1, 0.15) is 9.49 Å². The van der Waals surface area contributed by atoms with Gasteiger partial charge in [-0.3, -0.25) is 0 Å². The van der Waals surface area contributed by atoms with Crippen LogP contribution in [0.5, 0.6) is 0 Å². The van der Waals surface area contributed by atoms with Crippen molar-refractivity contribution in [3.05, 3.63) is 119 Å². The minimum absolute atomic E-state index is 0.304. The number of benzene rings is 4. The molecule has 4 aliphatic rings. The first-order valence-electron chi connectivity index (χ1n) is 14.4. The molecule has 240 valence electrons. The standard InChI is InChI=1S/C35H22F6O4S2/c1-31-27(23-15-13-21(17-25(23)46(31,42)43)19-9-5-3-6-10-19)29-30(34(38,39)35(40,41)33(29,36)37)28-24-16-14-22(20-11-7-4-8-12-20)18-26(24)47(44,45)32(28,31)2/h3-18H,1-2H3. The van der Waals surface area contributed by atoms with E-state index in [1.54, 1.807) is 60.7 Å². The van der Waals surface area contributed by atoms with E-state index in [1.807, 2.05) is 0 Å². The Labute approximate surface area is 265 Å². The lowest BCUT2D eigenvalue weighted by molar-refractivity contribution is -0.257. The number of hydrogen-bond acceptors (Lipinski definition) is 4. The predicted octanol–water partition coefficient (Wildman–Crippen LogP) is 8.25. The monoisotopic (exact) mass is 684 g/mol. The summed E-state index contributed by atoms with van der Waals surface area (Å²) in [6, 6.07) is 23.9. The molecular formula is C35H22F6O4S2. The van der Waals surface area contributed by atoms with Crippen LogP contribution in [0.15, 0.2) is 118 Å². The van der Waals surface area contributed by atoms with Gasteiger partial charge in [0.2, 0.25) is 0 Å². The van der Waals surface area contributed by atoms with Crippen molar-refractivity contribution in [1.29, 1.82) is 0 Å². The molecule has 2 unspecified atom stereocenters. The largest absolute Gasteiger partial charge is 0.380 e. The molecule has 0 saturated heterocycles. The molecule has 1 fully saturated rings. The number of allylic oxidation sites excluding steroid dienone is 2. The van der Waals surface area contributed by atoms with Gasteiger partial charge in [-0.1, -0.05) is 84.9 Å². The summed E-state index contributed by atoms with van der Waals surface area (Å²) < 4.78 is 148. The summed E-state index contributed by atoms with van der Waals surface area (Å²) in [6.45, 7) is 1.74. The minimum Gasteiger partial charge on any atom is -0.223 e. The van der Waals surface area contributed by atoms with E-state index in [4.69, 9.17) is 0 Å². The summed E-state index contributed by atoms with van der Waals surface area (Å²) in [5.74, 6) is -17.1. The van der Waals surface area contributed by atoms with E-state index >= 15 is 26.3 Å². The summed E-state index contributed by atoms with van der Waals surface area (Å²) in [7, 11) is -10.1. The molecule has 4 aromatic rings. The molecule has 47 heavy (non-hydrogen) atoms. The smallest absolute Gasteiger partial charge is 0.223 e. The van der Waals surface area contributed by atoms with Crippen molar-refractivity contribution in [2.75, 3.05) is 0 Å². The average Bonchev–Trinajstić information content (AvgIpc) is 3.39. The van der Waals surface area contributed by atoms with Crippen LogP contribution in [0.3, 0.4) is 0 Å². The molecule has 0 spiro atoms. The lowest BCUT2D eigenvalue weighted by atomic mass is 9.68. The van der Waals surface area contributed by atoms with Crippen LogP contribution >= 0.6 is 0 Å². The van der Waals surface area contributed by atoms with Crippen LogP contribution in [-0.4, -0.2) is 44.1 Å². The number of fused-ring (bicyclic) bond motifs is 8. The van der Waals surface area contributed by atoms with E-state index in [0.717, 1.165) is 38.1 Å². The minimum atomic E-state index is -6.01. The van der Waals surface area contributed by atoms with E-state index in [1.165, 1.54) is 12.1 Å². The van der Waals surface area contributed by atoms with Crippen molar-refractivity contribution in [2.24, 2.45) is 0 Å². The second kappa shape index (κ2) is 8.65. The van der Waals surface area contributed by atoms with E-state index in [0.29, 0.717) is 22.3 Å². The first-order chi connectivity index (χ1) is 21.9. The highest BCUT2D eigenvalue weighted by Gasteiger charge is 2.87. The van der Waals surface area contributed by atoms with Gasteiger partial charge >= 0.3 is 17.8 Å². The van der Waals surface area contributed by atoms with Gasteiger partial charge in [0.15, 0.2) is 19.7 Å². The molecular weight excluding hydrogens is 663 g/mol. The molecule has 0 N–H and O–H groups in total. The summed E-state index contributed by atoms with van der Waals surface area (Å²) >= 11 is 0. The first kappa shape index (κ1) is 30.2. The topological polar surface area (TPSA) is 68.3 Å². The van der Waals surface area contributed by atoms with Crippen molar-refractivity contribution < 1.29 is 43.2 Å². The normalized spacial score (nSPS) is 27.9. The third kappa shape index (κ3) is 3.08. The Balaban J connectivity index is 1.54. The van der Waals surface area contributed by atoms with Crippen LogP contribution in [0.2, 0.25) is 0 Å². The molecule has 2 aliphatic heterocycles. The number of halogens is 6. The van der Waals surface area contributed by atoms with Crippen LogP contribution in [0, 0.1) is 0 Å². The zero-order valence-electron chi connectivity index (χ0n) is 24.5.